The summed E-state index contributed by atoms with van der Waals surface area (Å²) in [5.41, 5.74) is 1.03. The van der Waals surface area contributed by atoms with Crippen LogP contribution in [0.3, 0.4) is 0 Å². The largest absolute Gasteiger partial charge is 0.382 e. The number of methoxy groups -OCH3 is 1. The number of benzene rings is 1. The zero-order valence-corrected chi connectivity index (χ0v) is 14.9. The third kappa shape index (κ3) is 5.61. The first-order valence-electron chi connectivity index (χ1n) is 7.58. The van der Waals surface area contributed by atoms with Crippen molar-refractivity contribution in [2.45, 2.75) is 0 Å². The fraction of sp³-hybridized carbons (Fsp3) is 0.600. The van der Waals surface area contributed by atoms with E-state index in [-0.39, 0.29) is 12.4 Å². The summed E-state index contributed by atoms with van der Waals surface area (Å²) in [6.07, 6.45) is 0. The molecule has 2 rings (SSSR count). The van der Waals surface area contributed by atoms with Crippen molar-refractivity contribution in [2.75, 3.05) is 63.8 Å². The summed E-state index contributed by atoms with van der Waals surface area (Å²) in [5.74, 6) is 0.00782. The molecule has 8 heteroatoms. The number of rotatable bonds is 8. The lowest BCUT2D eigenvalue weighted by molar-refractivity contribution is 0.0781. The molecule has 0 unspecified atom stereocenters. The topological polar surface area (TPSA) is 59.1 Å². The van der Waals surface area contributed by atoms with Crippen molar-refractivity contribution in [1.82, 2.24) is 4.31 Å². The summed E-state index contributed by atoms with van der Waals surface area (Å²) in [4.78, 5) is 2.15. The number of piperazine rings is 1. The molecule has 1 aliphatic rings. The quantitative estimate of drug-likeness (QED) is 0.655. The minimum Gasteiger partial charge on any atom is -0.382 e. The van der Waals surface area contributed by atoms with Gasteiger partial charge in [-0.25, -0.2) is 8.42 Å². The van der Waals surface area contributed by atoms with Crippen molar-refractivity contribution in [1.29, 1.82) is 0 Å². The van der Waals surface area contributed by atoms with Gasteiger partial charge in [-0.1, -0.05) is 17.7 Å². The molecule has 0 bridgehead atoms. The van der Waals surface area contributed by atoms with E-state index in [4.69, 9.17) is 21.1 Å². The van der Waals surface area contributed by atoms with Crippen molar-refractivity contribution in [3.05, 3.63) is 29.3 Å². The molecule has 0 aromatic heterocycles. The fourth-order valence-corrected chi connectivity index (χ4v) is 3.93. The molecule has 1 aromatic rings. The van der Waals surface area contributed by atoms with Gasteiger partial charge in [0.25, 0.3) is 0 Å². The molecule has 1 saturated heterocycles. The summed E-state index contributed by atoms with van der Waals surface area (Å²) in [5, 5.41) is 0.686. The highest BCUT2D eigenvalue weighted by atomic mass is 35.5. The molecule has 0 N–H and O–H groups in total. The average molecular weight is 363 g/mol. The van der Waals surface area contributed by atoms with Gasteiger partial charge in [-0.2, -0.15) is 4.31 Å². The van der Waals surface area contributed by atoms with Crippen molar-refractivity contribution < 1.29 is 17.9 Å². The van der Waals surface area contributed by atoms with E-state index in [1.165, 1.54) is 4.31 Å². The Morgan fingerprint density at radius 2 is 1.87 bits per heavy atom. The SMILES string of the molecule is COCCOCCS(=O)(=O)N1CCN(c2cccc(Cl)c2)CC1. The molecule has 23 heavy (non-hydrogen) atoms. The number of nitrogens with zero attached hydrogens (tertiary/aromatic N) is 2. The first-order chi connectivity index (χ1) is 11.0. The van der Waals surface area contributed by atoms with Gasteiger partial charge in [0.1, 0.15) is 0 Å². The standard InChI is InChI=1S/C15H23ClN2O4S/c1-21-9-10-22-11-12-23(19,20)18-7-5-17(6-8-18)15-4-2-3-14(16)13-15/h2-4,13H,5-12H2,1H3. The highest BCUT2D eigenvalue weighted by Gasteiger charge is 2.26. The normalized spacial score (nSPS) is 16.7. The maximum atomic E-state index is 12.3. The van der Waals surface area contributed by atoms with E-state index in [2.05, 4.69) is 4.90 Å². The van der Waals surface area contributed by atoms with E-state index >= 15 is 0 Å². The van der Waals surface area contributed by atoms with Gasteiger partial charge in [-0.3, -0.25) is 0 Å². The van der Waals surface area contributed by atoms with Crippen LogP contribution < -0.4 is 4.90 Å². The van der Waals surface area contributed by atoms with Crippen LogP contribution in [-0.2, 0) is 19.5 Å². The lowest BCUT2D eigenvalue weighted by atomic mass is 10.2. The van der Waals surface area contributed by atoms with E-state index < -0.39 is 10.0 Å². The first-order valence-corrected chi connectivity index (χ1v) is 9.56. The van der Waals surface area contributed by atoms with Gasteiger partial charge in [0.05, 0.1) is 25.6 Å². The number of hydrogen-bond acceptors (Lipinski definition) is 5. The van der Waals surface area contributed by atoms with Crippen molar-refractivity contribution in [3.8, 4) is 0 Å². The summed E-state index contributed by atoms with van der Waals surface area (Å²) < 4.78 is 36.2. The molecule has 1 fully saturated rings. The maximum Gasteiger partial charge on any atom is 0.216 e. The van der Waals surface area contributed by atoms with Gasteiger partial charge in [0.15, 0.2) is 0 Å². The highest BCUT2D eigenvalue weighted by Crippen LogP contribution is 2.21. The molecule has 130 valence electrons. The van der Waals surface area contributed by atoms with Gasteiger partial charge < -0.3 is 14.4 Å². The Hall–Kier alpha value is -0.860. The van der Waals surface area contributed by atoms with E-state index in [1.54, 1.807) is 7.11 Å². The number of ether oxygens (including phenoxy) is 2. The van der Waals surface area contributed by atoms with Crippen LogP contribution in [-0.4, -0.2) is 71.6 Å². The number of anilines is 1. The molecule has 1 aliphatic heterocycles. The summed E-state index contributed by atoms with van der Waals surface area (Å²) in [6.45, 7) is 3.35. The zero-order chi connectivity index (χ0) is 16.7. The average Bonchev–Trinajstić information content (AvgIpc) is 2.55. The molecular formula is C15H23ClN2O4S. The van der Waals surface area contributed by atoms with Gasteiger partial charge in [0, 0.05) is 44.0 Å². The highest BCUT2D eigenvalue weighted by molar-refractivity contribution is 7.89. The molecule has 6 nitrogen and oxygen atoms in total. The fourth-order valence-electron chi connectivity index (χ4n) is 2.43. The van der Waals surface area contributed by atoms with Crippen LogP contribution in [0.5, 0.6) is 0 Å². The van der Waals surface area contributed by atoms with Crippen molar-refractivity contribution >= 4 is 27.3 Å². The number of halogens is 1. The first kappa shape index (κ1) is 18.5. The lowest BCUT2D eigenvalue weighted by Crippen LogP contribution is -2.49. The Labute approximate surface area is 143 Å². The van der Waals surface area contributed by atoms with E-state index in [1.807, 2.05) is 24.3 Å². The van der Waals surface area contributed by atoms with E-state index in [9.17, 15) is 8.42 Å². The molecule has 0 aliphatic carbocycles. The van der Waals surface area contributed by atoms with Crippen LogP contribution in [0, 0.1) is 0 Å². The van der Waals surface area contributed by atoms with Crippen LogP contribution in [0.4, 0.5) is 5.69 Å². The number of hydrogen-bond donors (Lipinski definition) is 0. The third-order valence-corrected chi connectivity index (χ3v) is 5.79. The second kappa shape index (κ2) is 8.84. The zero-order valence-electron chi connectivity index (χ0n) is 13.3. The third-order valence-electron chi connectivity index (χ3n) is 3.72. The predicted octanol–water partition coefficient (Wildman–Crippen LogP) is 1.45. The molecule has 0 amide bonds. The van der Waals surface area contributed by atoms with E-state index in [0.29, 0.717) is 44.4 Å². The molecule has 0 spiro atoms. The Bertz CT molecular complexity index is 589. The Balaban J connectivity index is 1.81. The van der Waals surface area contributed by atoms with Crippen molar-refractivity contribution in [3.63, 3.8) is 0 Å². The van der Waals surface area contributed by atoms with Gasteiger partial charge in [-0.05, 0) is 18.2 Å². The van der Waals surface area contributed by atoms with Crippen LogP contribution in [0.15, 0.2) is 24.3 Å². The van der Waals surface area contributed by atoms with Gasteiger partial charge in [0.2, 0.25) is 10.0 Å². The smallest absolute Gasteiger partial charge is 0.216 e. The summed E-state index contributed by atoms with van der Waals surface area (Å²) in [7, 11) is -1.69. The molecule has 1 heterocycles. The van der Waals surface area contributed by atoms with Crippen LogP contribution >= 0.6 is 11.6 Å². The van der Waals surface area contributed by atoms with Gasteiger partial charge >= 0.3 is 0 Å². The Morgan fingerprint density at radius 3 is 2.52 bits per heavy atom. The number of sulfonamides is 1. The lowest BCUT2D eigenvalue weighted by Gasteiger charge is -2.35. The monoisotopic (exact) mass is 362 g/mol. The second-order valence-electron chi connectivity index (χ2n) is 5.29. The van der Waals surface area contributed by atoms with Crippen LogP contribution in [0.2, 0.25) is 5.02 Å². The molecule has 1 aromatic carbocycles. The molecule has 0 saturated carbocycles. The summed E-state index contributed by atoms with van der Waals surface area (Å²) in [6, 6.07) is 7.61. The van der Waals surface area contributed by atoms with Crippen molar-refractivity contribution in [2.24, 2.45) is 0 Å². The van der Waals surface area contributed by atoms with E-state index in [0.717, 1.165) is 5.69 Å². The minimum atomic E-state index is -3.27. The van der Waals surface area contributed by atoms with Gasteiger partial charge in [-0.15, -0.1) is 0 Å². The minimum absolute atomic E-state index is 0.00782. The van der Waals surface area contributed by atoms with Crippen LogP contribution in [0.25, 0.3) is 0 Å². The molecular weight excluding hydrogens is 340 g/mol. The molecule has 0 atom stereocenters. The van der Waals surface area contributed by atoms with Crippen LogP contribution in [0.1, 0.15) is 0 Å². The maximum absolute atomic E-state index is 12.3. The Morgan fingerprint density at radius 1 is 1.13 bits per heavy atom. The Kier molecular flexibility index (Phi) is 7.10. The predicted molar refractivity (Wildman–Crippen MR) is 91.7 cm³/mol. The second-order valence-corrected chi connectivity index (χ2v) is 7.81. The molecule has 0 radical (unpaired) electrons. The summed E-state index contributed by atoms with van der Waals surface area (Å²) >= 11 is 6.00.